The van der Waals surface area contributed by atoms with E-state index in [1.165, 1.54) is 0 Å². The smallest absolute Gasteiger partial charge is 0.183 e. The molecule has 0 amide bonds. The third-order valence-corrected chi connectivity index (χ3v) is 6.20. The molecule has 2 atom stereocenters. The molecule has 2 aromatic rings. The van der Waals surface area contributed by atoms with Crippen molar-refractivity contribution in [2.45, 2.75) is 37.0 Å². The Morgan fingerprint density at radius 2 is 1.52 bits per heavy atom. The van der Waals surface area contributed by atoms with Crippen LogP contribution < -0.4 is 5.73 Å². The van der Waals surface area contributed by atoms with Gasteiger partial charge in [-0.2, -0.15) is 0 Å². The molecule has 0 aliphatic carbocycles. The second-order valence-electron chi connectivity index (χ2n) is 5.45. The van der Waals surface area contributed by atoms with E-state index >= 15 is 0 Å². The predicted octanol–water partition coefficient (Wildman–Crippen LogP) is 3.17. The van der Waals surface area contributed by atoms with Gasteiger partial charge in [0.25, 0.3) is 0 Å². The molecule has 0 aliphatic rings. The summed E-state index contributed by atoms with van der Waals surface area (Å²) in [6.45, 7) is 5.46. The number of hydrogen-bond acceptors (Lipinski definition) is 3. The molecule has 0 radical (unpaired) electrons. The summed E-state index contributed by atoms with van der Waals surface area (Å²) >= 11 is 0. The molecule has 0 aromatic heterocycles. The maximum atomic E-state index is 12.8. The third-order valence-electron chi connectivity index (χ3n) is 3.86. The predicted molar refractivity (Wildman–Crippen MR) is 85.9 cm³/mol. The largest absolute Gasteiger partial charge is 0.323 e. The summed E-state index contributed by atoms with van der Waals surface area (Å²) in [7, 11) is -3.45. The van der Waals surface area contributed by atoms with Crippen LogP contribution in [-0.4, -0.2) is 13.7 Å². The summed E-state index contributed by atoms with van der Waals surface area (Å²) in [4.78, 5) is 0.361. The number of rotatable bonds is 4. The molecule has 21 heavy (non-hydrogen) atoms. The van der Waals surface area contributed by atoms with Gasteiger partial charge < -0.3 is 5.73 Å². The molecular formula is C17H21NO2S. The van der Waals surface area contributed by atoms with Crippen LogP contribution in [0.3, 0.4) is 0 Å². The van der Waals surface area contributed by atoms with Crippen LogP contribution in [0.2, 0.25) is 0 Å². The van der Waals surface area contributed by atoms with Crippen molar-refractivity contribution in [3.63, 3.8) is 0 Å². The molecule has 0 heterocycles. The number of aryl methyl sites for hydroxylation is 2. The van der Waals surface area contributed by atoms with Gasteiger partial charge in [-0.15, -0.1) is 0 Å². The normalized spacial score (nSPS) is 14.7. The van der Waals surface area contributed by atoms with Crippen molar-refractivity contribution in [1.29, 1.82) is 0 Å². The minimum Gasteiger partial charge on any atom is -0.323 e. The summed E-state index contributed by atoms with van der Waals surface area (Å²) < 4.78 is 25.5. The minimum absolute atomic E-state index is 0.361. The molecule has 3 nitrogen and oxygen atoms in total. The Morgan fingerprint density at radius 1 is 0.952 bits per heavy atom. The quantitative estimate of drug-likeness (QED) is 0.943. The fraction of sp³-hybridized carbons (Fsp3) is 0.294. The molecular weight excluding hydrogens is 282 g/mol. The van der Waals surface area contributed by atoms with Crippen molar-refractivity contribution < 1.29 is 8.42 Å². The first kappa shape index (κ1) is 15.7. The van der Waals surface area contributed by atoms with E-state index in [9.17, 15) is 8.42 Å². The highest BCUT2D eigenvalue weighted by molar-refractivity contribution is 7.92. The average molecular weight is 303 g/mol. The zero-order chi connectivity index (χ0) is 15.6. The van der Waals surface area contributed by atoms with Gasteiger partial charge >= 0.3 is 0 Å². The van der Waals surface area contributed by atoms with Gasteiger partial charge in [0.15, 0.2) is 9.84 Å². The lowest BCUT2D eigenvalue weighted by atomic mass is 10.0. The highest BCUT2D eigenvalue weighted by atomic mass is 32.2. The Morgan fingerprint density at radius 3 is 2.10 bits per heavy atom. The number of sulfone groups is 1. The Balaban J connectivity index is 2.36. The van der Waals surface area contributed by atoms with Gasteiger partial charge in [-0.25, -0.2) is 8.42 Å². The van der Waals surface area contributed by atoms with Crippen molar-refractivity contribution in [2.24, 2.45) is 5.73 Å². The van der Waals surface area contributed by atoms with Crippen LogP contribution in [0.1, 0.15) is 29.7 Å². The summed E-state index contributed by atoms with van der Waals surface area (Å²) in [6.07, 6.45) is 0. The molecule has 0 spiro atoms. The van der Waals surface area contributed by atoms with E-state index in [1.807, 2.05) is 37.3 Å². The maximum absolute atomic E-state index is 12.8. The van der Waals surface area contributed by atoms with Crippen molar-refractivity contribution in [3.8, 4) is 0 Å². The van der Waals surface area contributed by atoms with E-state index in [0.717, 1.165) is 16.7 Å². The molecule has 2 N–H and O–H groups in total. The molecule has 4 heteroatoms. The van der Waals surface area contributed by atoms with Gasteiger partial charge in [0.2, 0.25) is 0 Å². The number of nitrogens with two attached hydrogens (primary N) is 1. The Kier molecular flexibility index (Phi) is 4.49. The maximum Gasteiger partial charge on any atom is 0.183 e. The fourth-order valence-corrected chi connectivity index (χ4v) is 4.06. The first-order valence-corrected chi connectivity index (χ1v) is 8.50. The second kappa shape index (κ2) is 6.00. The van der Waals surface area contributed by atoms with Crippen LogP contribution in [0.4, 0.5) is 0 Å². The molecule has 0 saturated carbocycles. The van der Waals surface area contributed by atoms with Crippen LogP contribution in [0, 0.1) is 13.8 Å². The van der Waals surface area contributed by atoms with Crippen LogP contribution in [0.25, 0.3) is 0 Å². The standard InChI is InChI=1S/C17H21NO2S/c1-12-8-10-15(11-9-12)17(18)14(3)21(19,20)16-7-5-4-6-13(16)2/h4-11,14,17H,18H2,1-3H3. The Hall–Kier alpha value is -1.65. The average Bonchev–Trinajstić information content (AvgIpc) is 2.46. The fourth-order valence-electron chi connectivity index (χ4n) is 2.33. The topological polar surface area (TPSA) is 60.2 Å². The summed E-state index contributed by atoms with van der Waals surface area (Å²) in [5, 5.41) is -0.679. The first-order chi connectivity index (χ1) is 9.84. The van der Waals surface area contributed by atoms with Crippen molar-refractivity contribution >= 4 is 9.84 Å². The van der Waals surface area contributed by atoms with E-state index in [4.69, 9.17) is 5.73 Å². The SMILES string of the molecule is Cc1ccc(C(N)C(C)S(=O)(=O)c2ccccc2C)cc1. The Labute approximate surface area is 126 Å². The molecule has 0 bridgehead atoms. The van der Waals surface area contributed by atoms with Gasteiger partial charge in [-0.05, 0) is 38.0 Å². The van der Waals surface area contributed by atoms with Crippen molar-refractivity contribution in [3.05, 3.63) is 65.2 Å². The molecule has 0 fully saturated rings. The first-order valence-electron chi connectivity index (χ1n) is 6.95. The summed E-state index contributed by atoms with van der Waals surface area (Å²) in [5.74, 6) is 0. The highest BCUT2D eigenvalue weighted by Gasteiger charge is 2.30. The summed E-state index contributed by atoms with van der Waals surface area (Å²) in [5.41, 5.74) is 8.90. The molecule has 0 aliphatic heterocycles. The lowest BCUT2D eigenvalue weighted by Crippen LogP contribution is -2.31. The van der Waals surface area contributed by atoms with E-state index in [2.05, 4.69) is 0 Å². The highest BCUT2D eigenvalue weighted by Crippen LogP contribution is 2.27. The van der Waals surface area contributed by atoms with Gasteiger partial charge in [-0.1, -0.05) is 48.0 Å². The van der Waals surface area contributed by atoms with E-state index < -0.39 is 21.1 Å². The lowest BCUT2D eigenvalue weighted by Gasteiger charge is -2.21. The zero-order valence-electron chi connectivity index (χ0n) is 12.6. The third kappa shape index (κ3) is 3.17. The van der Waals surface area contributed by atoms with Crippen LogP contribution in [-0.2, 0) is 9.84 Å². The summed E-state index contributed by atoms with van der Waals surface area (Å²) in [6, 6.07) is 14.1. The lowest BCUT2D eigenvalue weighted by molar-refractivity contribution is 0.564. The molecule has 2 unspecified atom stereocenters. The van der Waals surface area contributed by atoms with E-state index in [1.54, 1.807) is 32.0 Å². The number of benzene rings is 2. The Bertz CT molecular complexity index is 721. The molecule has 0 saturated heterocycles. The molecule has 2 rings (SSSR count). The van der Waals surface area contributed by atoms with Crippen molar-refractivity contribution in [2.75, 3.05) is 0 Å². The van der Waals surface area contributed by atoms with Crippen molar-refractivity contribution in [1.82, 2.24) is 0 Å². The van der Waals surface area contributed by atoms with Crippen LogP contribution in [0.15, 0.2) is 53.4 Å². The van der Waals surface area contributed by atoms with Gasteiger partial charge in [0.05, 0.1) is 10.1 Å². The zero-order valence-corrected chi connectivity index (χ0v) is 13.4. The van der Waals surface area contributed by atoms with Gasteiger partial charge in [-0.3, -0.25) is 0 Å². The second-order valence-corrected chi connectivity index (χ2v) is 7.73. The van der Waals surface area contributed by atoms with E-state index in [-0.39, 0.29) is 0 Å². The van der Waals surface area contributed by atoms with Gasteiger partial charge in [0.1, 0.15) is 0 Å². The van der Waals surface area contributed by atoms with Crippen LogP contribution >= 0.6 is 0 Å². The minimum atomic E-state index is -3.45. The van der Waals surface area contributed by atoms with Gasteiger partial charge in [0, 0.05) is 6.04 Å². The monoisotopic (exact) mass is 303 g/mol. The van der Waals surface area contributed by atoms with Crippen LogP contribution in [0.5, 0.6) is 0 Å². The molecule has 2 aromatic carbocycles. The molecule has 112 valence electrons. The number of hydrogen-bond donors (Lipinski definition) is 1. The van der Waals surface area contributed by atoms with E-state index in [0.29, 0.717) is 4.90 Å².